The molecule has 0 saturated heterocycles. The zero-order chi connectivity index (χ0) is 37.8. The molecule has 0 radical (unpaired) electrons. The van der Waals surface area contributed by atoms with Crippen LogP contribution in [0.4, 0.5) is 0 Å². The molecule has 7 aromatic rings. The minimum absolute atomic E-state index is 0.491. The maximum Gasteiger partial charge on any atom is 0.0714 e. The molecule has 0 bridgehead atoms. The van der Waals surface area contributed by atoms with Crippen LogP contribution >= 0.6 is 0 Å². The van der Waals surface area contributed by atoms with Crippen molar-refractivity contribution in [2.75, 3.05) is 0 Å². The van der Waals surface area contributed by atoms with Crippen LogP contribution in [-0.4, -0.2) is 0 Å². The smallest absolute Gasteiger partial charge is 0.0587 e. The molecule has 0 spiro atoms. The van der Waals surface area contributed by atoms with Gasteiger partial charge in [0, 0.05) is 0 Å². The van der Waals surface area contributed by atoms with Gasteiger partial charge in [-0.1, -0.05) is 165 Å². The summed E-state index contributed by atoms with van der Waals surface area (Å²) in [7, 11) is 0. The third kappa shape index (κ3) is 4.89. The molecule has 0 atom stereocenters. The highest BCUT2D eigenvalue weighted by molar-refractivity contribution is 5.95. The molecule has 7 aromatic carbocycles. The number of rotatable bonds is 4. The van der Waals surface area contributed by atoms with Gasteiger partial charge in [0.05, 0.1) is 10.8 Å². The Labute approximate surface area is 322 Å². The lowest BCUT2D eigenvalue weighted by atomic mass is 9.65. The number of aryl methyl sites for hydroxylation is 10. The third-order valence-corrected chi connectivity index (χ3v) is 12.3. The summed E-state index contributed by atoms with van der Waals surface area (Å²) in [6, 6.07) is 48.5. The Morgan fingerprint density at radius 2 is 0.463 bits per heavy atom. The second kappa shape index (κ2) is 12.0. The Balaban J connectivity index is 1.51. The van der Waals surface area contributed by atoms with E-state index in [4.69, 9.17) is 0 Å². The standard InChI is InChI=1S/C54H50/c1-31-11-13-45-47-29-52-48(30-51(47)53(49(45)27-31,41-19-33(3)15-34(4)20-41)42-21-35(5)16-36(6)22-42)46-14-12-32(2)28-50(46)54(52,43-23-37(7)17-38(8)24-43)44-25-39(9)18-40(10)26-44/h11-30H,1-10H3. The SMILES string of the molecule is Cc1cc(C)cc(C2(c3cc(C)cc(C)c3)c3cc(C)ccc3-c3cc4c(cc32)-c2ccc(C)cc2C4(c2cc(C)cc(C)c2)c2cc(C)cc(C)c2)c1. The van der Waals surface area contributed by atoms with E-state index in [2.05, 4.69) is 191 Å². The van der Waals surface area contributed by atoms with Gasteiger partial charge in [-0.25, -0.2) is 0 Å². The molecule has 0 aromatic heterocycles. The molecular weight excluding hydrogens is 649 g/mol. The molecule has 2 aliphatic carbocycles. The maximum atomic E-state index is 2.62. The van der Waals surface area contributed by atoms with E-state index < -0.39 is 10.8 Å². The molecule has 0 fully saturated rings. The van der Waals surface area contributed by atoms with Crippen LogP contribution in [0, 0.1) is 69.2 Å². The van der Waals surface area contributed by atoms with Crippen molar-refractivity contribution in [3.05, 3.63) is 221 Å². The van der Waals surface area contributed by atoms with Crippen molar-refractivity contribution < 1.29 is 0 Å². The van der Waals surface area contributed by atoms with Gasteiger partial charge in [0.2, 0.25) is 0 Å². The van der Waals surface area contributed by atoms with E-state index in [-0.39, 0.29) is 0 Å². The molecule has 0 saturated carbocycles. The van der Waals surface area contributed by atoms with Gasteiger partial charge in [0.15, 0.2) is 0 Å². The van der Waals surface area contributed by atoms with Gasteiger partial charge >= 0.3 is 0 Å². The van der Waals surface area contributed by atoms with E-state index >= 15 is 0 Å². The zero-order valence-electron chi connectivity index (χ0n) is 33.5. The van der Waals surface area contributed by atoms with Crippen LogP contribution in [0.2, 0.25) is 0 Å². The van der Waals surface area contributed by atoms with Gasteiger partial charge < -0.3 is 0 Å². The van der Waals surface area contributed by atoms with Gasteiger partial charge in [-0.15, -0.1) is 0 Å². The predicted molar refractivity (Wildman–Crippen MR) is 228 cm³/mol. The molecule has 0 aliphatic heterocycles. The topological polar surface area (TPSA) is 0 Å². The third-order valence-electron chi connectivity index (χ3n) is 12.3. The number of benzene rings is 7. The minimum Gasteiger partial charge on any atom is -0.0587 e. The second-order valence-electron chi connectivity index (χ2n) is 17.0. The van der Waals surface area contributed by atoms with Gasteiger partial charge in [0.25, 0.3) is 0 Å². The first kappa shape index (κ1) is 34.3. The highest BCUT2D eigenvalue weighted by Gasteiger charge is 2.52. The first-order valence-corrected chi connectivity index (χ1v) is 19.6. The normalized spacial score (nSPS) is 14.4. The average Bonchev–Trinajstić information content (AvgIpc) is 3.52. The molecule has 0 heterocycles. The fraction of sp³-hybridized carbons (Fsp3) is 0.222. The summed E-state index contributed by atoms with van der Waals surface area (Å²) in [5.74, 6) is 0. The number of hydrogen-bond acceptors (Lipinski definition) is 0. The highest BCUT2D eigenvalue weighted by Crippen LogP contribution is 2.63. The van der Waals surface area contributed by atoms with E-state index in [1.165, 1.54) is 122 Å². The lowest BCUT2D eigenvalue weighted by molar-refractivity contribution is 0.753. The molecular formula is C54H50. The molecule has 0 N–H and O–H groups in total. The monoisotopic (exact) mass is 698 g/mol. The van der Waals surface area contributed by atoms with Crippen LogP contribution in [-0.2, 0) is 10.8 Å². The van der Waals surface area contributed by atoms with Crippen molar-refractivity contribution in [2.45, 2.75) is 80.1 Å². The first-order valence-electron chi connectivity index (χ1n) is 19.6. The average molecular weight is 699 g/mol. The predicted octanol–water partition coefficient (Wildman–Crippen LogP) is 13.5. The van der Waals surface area contributed by atoms with Crippen molar-refractivity contribution >= 4 is 0 Å². The Kier molecular flexibility index (Phi) is 7.64. The molecule has 266 valence electrons. The Hall–Kier alpha value is -5.46. The van der Waals surface area contributed by atoms with Crippen molar-refractivity contribution in [2.24, 2.45) is 0 Å². The first-order chi connectivity index (χ1) is 25.8. The van der Waals surface area contributed by atoms with Gasteiger partial charge in [-0.05, 0) is 148 Å². The van der Waals surface area contributed by atoms with Crippen molar-refractivity contribution in [1.29, 1.82) is 0 Å². The second-order valence-corrected chi connectivity index (χ2v) is 17.0. The van der Waals surface area contributed by atoms with Crippen LogP contribution in [0.15, 0.2) is 121 Å². The van der Waals surface area contributed by atoms with Crippen LogP contribution in [0.5, 0.6) is 0 Å². The largest absolute Gasteiger partial charge is 0.0714 e. The lowest BCUT2D eigenvalue weighted by Crippen LogP contribution is -2.30. The summed E-state index contributed by atoms with van der Waals surface area (Å²) in [5, 5.41) is 0. The summed E-state index contributed by atoms with van der Waals surface area (Å²) in [4.78, 5) is 0. The minimum atomic E-state index is -0.491. The zero-order valence-corrected chi connectivity index (χ0v) is 33.5. The van der Waals surface area contributed by atoms with Crippen LogP contribution in [0.1, 0.15) is 100 Å². The van der Waals surface area contributed by atoms with Crippen molar-refractivity contribution in [3.8, 4) is 22.3 Å². The summed E-state index contributed by atoms with van der Waals surface area (Å²) < 4.78 is 0. The fourth-order valence-corrected chi connectivity index (χ4v) is 10.7. The summed E-state index contributed by atoms with van der Waals surface area (Å²) in [6.07, 6.45) is 0. The summed E-state index contributed by atoms with van der Waals surface area (Å²) >= 11 is 0. The van der Waals surface area contributed by atoms with Gasteiger partial charge in [0.1, 0.15) is 0 Å². The summed E-state index contributed by atoms with van der Waals surface area (Å²) in [5.41, 5.74) is 28.1. The van der Waals surface area contributed by atoms with Crippen LogP contribution in [0.3, 0.4) is 0 Å². The maximum absolute atomic E-state index is 2.62. The van der Waals surface area contributed by atoms with E-state index in [9.17, 15) is 0 Å². The molecule has 54 heavy (non-hydrogen) atoms. The van der Waals surface area contributed by atoms with Crippen molar-refractivity contribution in [1.82, 2.24) is 0 Å². The molecule has 0 amide bonds. The molecule has 9 rings (SSSR count). The fourth-order valence-electron chi connectivity index (χ4n) is 10.7. The van der Waals surface area contributed by atoms with E-state index in [0.717, 1.165) is 0 Å². The highest BCUT2D eigenvalue weighted by atomic mass is 14.5. The van der Waals surface area contributed by atoms with Crippen LogP contribution in [0.25, 0.3) is 22.3 Å². The quantitative estimate of drug-likeness (QED) is 0.172. The van der Waals surface area contributed by atoms with E-state index in [0.29, 0.717) is 0 Å². The van der Waals surface area contributed by atoms with Crippen molar-refractivity contribution in [3.63, 3.8) is 0 Å². The van der Waals surface area contributed by atoms with Crippen LogP contribution < -0.4 is 0 Å². The van der Waals surface area contributed by atoms with E-state index in [1.807, 2.05) is 0 Å². The van der Waals surface area contributed by atoms with E-state index in [1.54, 1.807) is 0 Å². The summed E-state index contributed by atoms with van der Waals surface area (Å²) in [6.45, 7) is 22.5. The Bertz CT molecular complexity index is 2340. The lowest BCUT2D eigenvalue weighted by Gasteiger charge is -2.36. The molecule has 0 unspecified atom stereocenters. The molecule has 0 nitrogen and oxygen atoms in total. The Morgan fingerprint density at radius 3 is 0.722 bits per heavy atom. The Morgan fingerprint density at radius 1 is 0.222 bits per heavy atom. The molecule has 0 heteroatoms. The van der Waals surface area contributed by atoms with Gasteiger partial charge in [-0.2, -0.15) is 0 Å². The molecule has 2 aliphatic rings. The number of hydrogen-bond donors (Lipinski definition) is 0. The van der Waals surface area contributed by atoms with Gasteiger partial charge in [-0.3, -0.25) is 0 Å². The number of fused-ring (bicyclic) bond motifs is 6.